The van der Waals surface area contributed by atoms with Crippen molar-refractivity contribution in [1.29, 1.82) is 0 Å². The van der Waals surface area contributed by atoms with Crippen LogP contribution in [0.1, 0.15) is 54.0 Å². The Morgan fingerprint density at radius 2 is 2.10 bits per heavy atom. The average Bonchev–Trinajstić information content (AvgIpc) is 3.35. The Balaban J connectivity index is 1.61. The molecule has 0 atom stereocenters. The fourth-order valence-electron chi connectivity index (χ4n) is 3.24. The average molecular weight is 414 g/mol. The van der Waals surface area contributed by atoms with Crippen LogP contribution in [0, 0.1) is 0 Å². The van der Waals surface area contributed by atoms with Crippen molar-refractivity contribution >= 4 is 34.6 Å². The normalized spacial score (nSPS) is 13.7. The summed E-state index contributed by atoms with van der Waals surface area (Å²) in [5.41, 5.74) is 6.41. The fourth-order valence-corrected chi connectivity index (χ4v) is 4.14. The zero-order valence-electron chi connectivity index (χ0n) is 16.1. The Labute approximate surface area is 171 Å². The van der Waals surface area contributed by atoms with Gasteiger partial charge in [0.1, 0.15) is 22.7 Å². The number of aromatic nitrogens is 3. The van der Waals surface area contributed by atoms with E-state index in [4.69, 9.17) is 14.9 Å². The molecule has 1 aliphatic carbocycles. The molecule has 2 aromatic heterocycles. The van der Waals surface area contributed by atoms with Crippen LogP contribution in [-0.4, -0.2) is 33.2 Å². The Hall–Kier alpha value is -2.81. The molecule has 152 valence electrons. The van der Waals surface area contributed by atoms with E-state index in [1.165, 1.54) is 11.8 Å². The first kappa shape index (κ1) is 19.5. The van der Waals surface area contributed by atoms with Gasteiger partial charge in [0.25, 0.3) is 0 Å². The number of esters is 1. The molecule has 0 radical (unpaired) electrons. The Morgan fingerprint density at radius 1 is 1.31 bits per heavy atom. The topological polar surface area (TPSA) is 113 Å². The van der Waals surface area contributed by atoms with Gasteiger partial charge >= 0.3 is 5.97 Å². The van der Waals surface area contributed by atoms with Crippen LogP contribution in [-0.2, 0) is 21.8 Å². The lowest BCUT2D eigenvalue weighted by Gasteiger charge is -2.08. The van der Waals surface area contributed by atoms with Crippen LogP contribution in [0.25, 0.3) is 11.0 Å². The third kappa shape index (κ3) is 4.14. The van der Waals surface area contributed by atoms with Gasteiger partial charge in [-0.25, -0.2) is 4.79 Å². The van der Waals surface area contributed by atoms with E-state index in [1.54, 1.807) is 6.92 Å². The molecule has 4 rings (SSSR count). The van der Waals surface area contributed by atoms with Crippen LogP contribution in [0.15, 0.2) is 33.8 Å². The molecule has 0 saturated heterocycles. The second kappa shape index (κ2) is 8.28. The summed E-state index contributed by atoms with van der Waals surface area (Å²) >= 11 is 1.42. The molecular formula is C20H22N4O4S. The zero-order valence-corrected chi connectivity index (χ0v) is 16.9. The van der Waals surface area contributed by atoms with E-state index in [1.807, 2.05) is 28.8 Å². The molecule has 1 fully saturated rings. The molecule has 8 nitrogen and oxygen atoms in total. The number of carbonyl (C=O) groups is 2. The summed E-state index contributed by atoms with van der Waals surface area (Å²) in [6.45, 7) is 2.51. The van der Waals surface area contributed by atoms with E-state index in [0.29, 0.717) is 40.3 Å². The van der Waals surface area contributed by atoms with Crippen molar-refractivity contribution in [2.45, 2.75) is 49.6 Å². The third-order valence-electron chi connectivity index (χ3n) is 4.75. The van der Waals surface area contributed by atoms with Crippen LogP contribution in [0.5, 0.6) is 0 Å². The highest BCUT2D eigenvalue weighted by Gasteiger charge is 2.31. The molecule has 2 heterocycles. The van der Waals surface area contributed by atoms with E-state index < -0.39 is 5.97 Å². The van der Waals surface area contributed by atoms with E-state index in [9.17, 15) is 9.59 Å². The van der Waals surface area contributed by atoms with Crippen molar-refractivity contribution in [1.82, 2.24) is 14.8 Å². The van der Waals surface area contributed by atoms with Gasteiger partial charge in [0.2, 0.25) is 5.91 Å². The van der Waals surface area contributed by atoms with Gasteiger partial charge in [-0.05, 0) is 25.8 Å². The molecule has 1 aliphatic rings. The number of carbonyl (C=O) groups excluding carboxylic acids is 2. The molecule has 9 heteroatoms. The second-order valence-corrected chi connectivity index (χ2v) is 7.83. The maximum Gasteiger partial charge on any atom is 0.342 e. The number of hydrogen-bond acceptors (Lipinski definition) is 7. The van der Waals surface area contributed by atoms with E-state index in [0.717, 1.165) is 24.1 Å². The van der Waals surface area contributed by atoms with Gasteiger partial charge in [0.05, 0.1) is 12.4 Å². The molecular weight excluding hydrogens is 392 g/mol. The van der Waals surface area contributed by atoms with Crippen LogP contribution in [0.4, 0.5) is 0 Å². The number of rotatable bonds is 9. The number of furan rings is 1. The highest BCUT2D eigenvalue weighted by atomic mass is 32.2. The minimum absolute atomic E-state index is 0.226. The maximum atomic E-state index is 12.5. The molecule has 1 saturated carbocycles. The summed E-state index contributed by atoms with van der Waals surface area (Å²) in [5.74, 6) is 1.45. The molecule has 1 aromatic carbocycles. The van der Waals surface area contributed by atoms with Gasteiger partial charge in [-0.1, -0.05) is 30.0 Å². The first-order valence-electron chi connectivity index (χ1n) is 9.60. The van der Waals surface area contributed by atoms with Crippen molar-refractivity contribution < 1.29 is 18.7 Å². The first-order chi connectivity index (χ1) is 14.1. The maximum absolute atomic E-state index is 12.5. The summed E-state index contributed by atoms with van der Waals surface area (Å²) in [5, 5.41) is 10.0. The molecule has 3 aromatic rings. The molecule has 2 N–H and O–H groups in total. The van der Waals surface area contributed by atoms with E-state index >= 15 is 0 Å². The number of benzene rings is 1. The van der Waals surface area contributed by atoms with Crippen LogP contribution >= 0.6 is 11.8 Å². The monoisotopic (exact) mass is 414 g/mol. The van der Waals surface area contributed by atoms with Gasteiger partial charge in [0.15, 0.2) is 5.16 Å². The third-order valence-corrected chi connectivity index (χ3v) is 5.72. The summed E-state index contributed by atoms with van der Waals surface area (Å²) in [6, 6.07) is 7.40. The number of primary amides is 1. The summed E-state index contributed by atoms with van der Waals surface area (Å²) in [4.78, 5) is 23.8. The van der Waals surface area contributed by atoms with Gasteiger partial charge in [-0.3, -0.25) is 4.79 Å². The quantitative estimate of drug-likeness (QED) is 0.422. The van der Waals surface area contributed by atoms with Crippen molar-refractivity contribution in [3.05, 3.63) is 41.4 Å². The molecule has 29 heavy (non-hydrogen) atoms. The molecule has 0 bridgehead atoms. The lowest BCUT2D eigenvalue weighted by molar-refractivity contribution is -0.118. The van der Waals surface area contributed by atoms with Crippen LogP contribution in [0.2, 0.25) is 0 Å². The number of hydrogen-bond donors (Lipinski definition) is 1. The Bertz CT molecular complexity index is 1050. The Kier molecular flexibility index (Phi) is 5.57. The van der Waals surface area contributed by atoms with Gasteiger partial charge in [-0.15, -0.1) is 10.2 Å². The SMILES string of the molecule is CCOC(=O)c1c(CSc2nnc(C3CC3)n2CCC(N)=O)oc2ccccc12. The van der Waals surface area contributed by atoms with Crippen molar-refractivity contribution in [2.75, 3.05) is 6.61 Å². The Morgan fingerprint density at radius 3 is 2.83 bits per heavy atom. The summed E-state index contributed by atoms with van der Waals surface area (Å²) < 4.78 is 13.1. The number of thioether (sulfide) groups is 1. The standard InChI is InChI=1S/C20H22N4O4S/c1-2-27-19(26)17-13-5-3-4-6-14(13)28-15(17)11-29-20-23-22-18(12-7-8-12)24(20)10-9-16(21)25/h3-6,12H,2,7-11H2,1H3,(H2,21,25). The first-order valence-corrected chi connectivity index (χ1v) is 10.6. The number of amides is 1. The molecule has 0 unspecified atom stereocenters. The second-order valence-electron chi connectivity index (χ2n) is 6.89. The van der Waals surface area contributed by atoms with Crippen LogP contribution < -0.4 is 5.73 Å². The lowest BCUT2D eigenvalue weighted by atomic mass is 10.1. The highest BCUT2D eigenvalue weighted by Crippen LogP contribution is 2.40. The number of fused-ring (bicyclic) bond motifs is 1. The van der Waals surface area contributed by atoms with E-state index in [-0.39, 0.29) is 18.9 Å². The summed E-state index contributed by atoms with van der Waals surface area (Å²) in [6.07, 6.45) is 2.38. The van der Waals surface area contributed by atoms with E-state index in [2.05, 4.69) is 10.2 Å². The number of ether oxygens (including phenoxy) is 1. The zero-order chi connectivity index (χ0) is 20.4. The number of para-hydroxylation sites is 1. The number of nitrogens with two attached hydrogens (primary N) is 1. The highest BCUT2D eigenvalue weighted by molar-refractivity contribution is 7.98. The van der Waals surface area contributed by atoms with Gasteiger partial charge in [0, 0.05) is 24.3 Å². The largest absolute Gasteiger partial charge is 0.462 e. The minimum Gasteiger partial charge on any atom is -0.462 e. The van der Waals surface area contributed by atoms with Crippen molar-refractivity contribution in [3.8, 4) is 0 Å². The summed E-state index contributed by atoms with van der Waals surface area (Å²) in [7, 11) is 0. The molecule has 0 aliphatic heterocycles. The minimum atomic E-state index is -0.401. The molecule has 0 spiro atoms. The smallest absolute Gasteiger partial charge is 0.342 e. The number of nitrogens with zero attached hydrogens (tertiary/aromatic N) is 3. The fraction of sp³-hybridized carbons (Fsp3) is 0.400. The van der Waals surface area contributed by atoms with Crippen molar-refractivity contribution in [3.63, 3.8) is 0 Å². The predicted octanol–water partition coefficient (Wildman–Crippen LogP) is 3.25. The molecule has 1 amide bonds. The van der Waals surface area contributed by atoms with Gasteiger partial charge < -0.3 is 19.5 Å². The lowest BCUT2D eigenvalue weighted by Crippen LogP contribution is -2.15. The van der Waals surface area contributed by atoms with Gasteiger partial charge in [-0.2, -0.15) is 0 Å². The van der Waals surface area contributed by atoms with Crippen LogP contribution in [0.3, 0.4) is 0 Å². The predicted molar refractivity (Wildman–Crippen MR) is 108 cm³/mol. The van der Waals surface area contributed by atoms with Crippen molar-refractivity contribution in [2.24, 2.45) is 5.73 Å².